The van der Waals surface area contributed by atoms with E-state index in [0.717, 1.165) is 16.7 Å². The van der Waals surface area contributed by atoms with Crippen molar-refractivity contribution in [3.8, 4) is 5.75 Å². The van der Waals surface area contributed by atoms with E-state index < -0.39 is 23.3 Å². The van der Waals surface area contributed by atoms with Gasteiger partial charge in [-0.1, -0.05) is 0 Å². The number of amides is 1. The number of halogens is 3. The molecule has 1 amide bonds. The van der Waals surface area contributed by atoms with Gasteiger partial charge in [0, 0.05) is 10.9 Å². The molecule has 0 aliphatic heterocycles. The quantitative estimate of drug-likeness (QED) is 0.917. The average Bonchev–Trinajstić information content (AvgIpc) is 2.97. The first-order valence-electron chi connectivity index (χ1n) is 6.63. The highest BCUT2D eigenvalue weighted by atomic mass is 32.1. The van der Waals surface area contributed by atoms with Gasteiger partial charge in [0.25, 0.3) is 5.91 Å². The maximum atomic E-state index is 12.6. The second-order valence-electron chi connectivity index (χ2n) is 5.34. The number of alkyl halides is 3. The first kappa shape index (κ1) is 17.3. The van der Waals surface area contributed by atoms with E-state index in [-0.39, 0.29) is 5.01 Å². The number of nitrogens with zero attached hydrogens (tertiary/aromatic N) is 1. The van der Waals surface area contributed by atoms with Crippen LogP contribution in [0.25, 0.3) is 0 Å². The SMILES string of the molecule is COc1ccc(C(=O)NC(C)(C)c2nc(C(F)(F)F)cs2)cc1. The maximum absolute atomic E-state index is 12.6. The van der Waals surface area contributed by atoms with Crippen LogP contribution < -0.4 is 10.1 Å². The third-order valence-corrected chi connectivity index (χ3v) is 4.27. The van der Waals surface area contributed by atoms with Crippen LogP contribution in [0.3, 0.4) is 0 Å². The van der Waals surface area contributed by atoms with Gasteiger partial charge in [-0.25, -0.2) is 4.98 Å². The minimum atomic E-state index is -4.50. The summed E-state index contributed by atoms with van der Waals surface area (Å²) >= 11 is 0.861. The van der Waals surface area contributed by atoms with Crippen LogP contribution in [0.5, 0.6) is 5.75 Å². The number of rotatable bonds is 4. The van der Waals surface area contributed by atoms with Gasteiger partial charge in [-0.3, -0.25) is 4.79 Å². The van der Waals surface area contributed by atoms with Gasteiger partial charge in [-0.2, -0.15) is 13.2 Å². The van der Waals surface area contributed by atoms with Gasteiger partial charge in [0.15, 0.2) is 5.69 Å². The van der Waals surface area contributed by atoms with E-state index >= 15 is 0 Å². The standard InChI is InChI=1S/C15H15F3N2O2S/c1-14(2,13-19-11(8-23-13)15(16,17)18)20-12(21)9-4-6-10(22-3)7-5-9/h4-8H,1-3H3,(H,20,21). The van der Waals surface area contributed by atoms with Crippen LogP contribution in [0.1, 0.15) is 34.9 Å². The molecule has 23 heavy (non-hydrogen) atoms. The highest BCUT2D eigenvalue weighted by Gasteiger charge is 2.36. The maximum Gasteiger partial charge on any atom is 0.434 e. The molecule has 0 radical (unpaired) electrons. The van der Waals surface area contributed by atoms with Gasteiger partial charge in [0.05, 0.1) is 12.6 Å². The number of hydrogen-bond donors (Lipinski definition) is 1. The Kier molecular flexibility index (Phi) is 4.65. The zero-order valence-corrected chi connectivity index (χ0v) is 13.5. The van der Waals surface area contributed by atoms with E-state index in [9.17, 15) is 18.0 Å². The molecule has 1 heterocycles. The molecular formula is C15H15F3N2O2S. The highest BCUT2D eigenvalue weighted by molar-refractivity contribution is 7.09. The Bertz CT molecular complexity index is 693. The lowest BCUT2D eigenvalue weighted by molar-refractivity contribution is -0.140. The Labute approximate surface area is 135 Å². The van der Waals surface area contributed by atoms with Crippen LogP contribution in [-0.2, 0) is 11.7 Å². The van der Waals surface area contributed by atoms with Crippen molar-refractivity contribution in [1.29, 1.82) is 0 Å². The zero-order chi connectivity index (χ0) is 17.3. The number of thiazole rings is 1. The molecule has 124 valence electrons. The fourth-order valence-corrected chi connectivity index (χ4v) is 2.75. The molecule has 8 heteroatoms. The topological polar surface area (TPSA) is 51.2 Å². The van der Waals surface area contributed by atoms with Crippen LogP contribution in [0.2, 0.25) is 0 Å². The van der Waals surface area contributed by atoms with Crippen LogP contribution in [0, 0.1) is 0 Å². The Balaban J connectivity index is 2.16. The molecule has 0 aliphatic rings. The summed E-state index contributed by atoms with van der Waals surface area (Å²) in [6.07, 6.45) is -4.50. The lowest BCUT2D eigenvalue weighted by atomic mass is 10.1. The van der Waals surface area contributed by atoms with Crippen LogP contribution >= 0.6 is 11.3 Å². The molecule has 0 spiro atoms. The molecule has 1 aromatic carbocycles. The van der Waals surface area contributed by atoms with Crippen LogP contribution in [-0.4, -0.2) is 18.0 Å². The second-order valence-corrected chi connectivity index (χ2v) is 6.20. The Morgan fingerprint density at radius 3 is 2.30 bits per heavy atom. The van der Waals surface area contributed by atoms with Crippen LogP contribution in [0.4, 0.5) is 13.2 Å². The molecule has 0 saturated carbocycles. The fourth-order valence-electron chi connectivity index (χ4n) is 1.84. The lowest BCUT2D eigenvalue weighted by Crippen LogP contribution is -2.41. The first-order chi connectivity index (χ1) is 10.6. The van der Waals surface area contributed by atoms with Crippen molar-refractivity contribution in [2.75, 3.05) is 7.11 Å². The normalized spacial score (nSPS) is 12.1. The molecule has 0 aliphatic carbocycles. The summed E-state index contributed by atoms with van der Waals surface area (Å²) in [4.78, 5) is 15.8. The van der Waals surface area contributed by atoms with E-state index in [2.05, 4.69) is 10.3 Å². The summed E-state index contributed by atoms with van der Waals surface area (Å²) in [5, 5.41) is 3.82. The van der Waals surface area contributed by atoms with Gasteiger partial charge < -0.3 is 10.1 Å². The molecule has 4 nitrogen and oxygen atoms in total. The van der Waals surface area contributed by atoms with Crippen molar-refractivity contribution >= 4 is 17.2 Å². The molecule has 2 aromatic rings. The predicted octanol–water partition coefficient (Wildman–Crippen LogP) is 3.84. The van der Waals surface area contributed by atoms with Crippen molar-refractivity contribution in [3.63, 3.8) is 0 Å². The third kappa shape index (κ3) is 4.01. The number of benzene rings is 1. The summed E-state index contributed by atoms with van der Waals surface area (Å²) in [5.74, 6) is 0.206. The van der Waals surface area contributed by atoms with Crippen LogP contribution in [0.15, 0.2) is 29.6 Å². The van der Waals surface area contributed by atoms with Crippen molar-refractivity contribution < 1.29 is 22.7 Å². The zero-order valence-electron chi connectivity index (χ0n) is 12.7. The van der Waals surface area contributed by atoms with E-state index in [1.165, 1.54) is 7.11 Å². The van der Waals surface area contributed by atoms with Crippen molar-refractivity contribution in [2.24, 2.45) is 0 Å². The summed E-state index contributed by atoms with van der Waals surface area (Å²) in [6, 6.07) is 6.42. The molecule has 0 atom stereocenters. The average molecular weight is 344 g/mol. The summed E-state index contributed by atoms with van der Waals surface area (Å²) < 4.78 is 42.9. The molecular weight excluding hydrogens is 329 g/mol. The van der Waals surface area contributed by atoms with Gasteiger partial charge in [0.2, 0.25) is 0 Å². The predicted molar refractivity (Wildman–Crippen MR) is 80.6 cm³/mol. The van der Waals surface area contributed by atoms with Crippen molar-refractivity contribution in [3.05, 3.63) is 45.9 Å². The number of methoxy groups -OCH3 is 1. The van der Waals surface area contributed by atoms with E-state index in [1.807, 2.05) is 0 Å². The summed E-state index contributed by atoms with van der Waals surface area (Å²) in [5.41, 5.74) is -1.60. The van der Waals surface area contributed by atoms with Gasteiger partial charge in [-0.05, 0) is 38.1 Å². The number of ether oxygens (including phenoxy) is 1. The monoisotopic (exact) mass is 344 g/mol. The molecule has 0 saturated heterocycles. The fraction of sp³-hybridized carbons (Fsp3) is 0.333. The minimum absolute atomic E-state index is 0.187. The number of nitrogens with one attached hydrogen (secondary N) is 1. The number of carbonyl (C=O) groups is 1. The van der Waals surface area contributed by atoms with Crippen molar-refractivity contribution in [2.45, 2.75) is 25.6 Å². The highest BCUT2D eigenvalue weighted by Crippen LogP contribution is 2.33. The molecule has 0 unspecified atom stereocenters. The molecule has 1 N–H and O–H groups in total. The van der Waals surface area contributed by atoms with Gasteiger partial charge >= 0.3 is 6.18 Å². The Morgan fingerprint density at radius 1 is 1.22 bits per heavy atom. The largest absolute Gasteiger partial charge is 0.497 e. The smallest absolute Gasteiger partial charge is 0.434 e. The lowest BCUT2D eigenvalue weighted by Gasteiger charge is -2.24. The third-order valence-electron chi connectivity index (χ3n) is 3.11. The molecule has 2 rings (SSSR count). The number of aromatic nitrogens is 1. The second kappa shape index (κ2) is 6.19. The van der Waals surface area contributed by atoms with Gasteiger partial charge in [-0.15, -0.1) is 11.3 Å². The molecule has 1 aromatic heterocycles. The number of hydrogen-bond acceptors (Lipinski definition) is 4. The Hall–Kier alpha value is -2.09. The molecule has 0 bridgehead atoms. The van der Waals surface area contributed by atoms with E-state index in [1.54, 1.807) is 38.1 Å². The summed E-state index contributed by atoms with van der Waals surface area (Å²) in [6.45, 7) is 3.21. The minimum Gasteiger partial charge on any atom is -0.497 e. The van der Waals surface area contributed by atoms with E-state index in [0.29, 0.717) is 11.3 Å². The first-order valence-corrected chi connectivity index (χ1v) is 7.51. The van der Waals surface area contributed by atoms with Gasteiger partial charge in [0.1, 0.15) is 10.8 Å². The number of carbonyl (C=O) groups excluding carboxylic acids is 1. The van der Waals surface area contributed by atoms with E-state index in [4.69, 9.17) is 4.74 Å². The summed E-state index contributed by atoms with van der Waals surface area (Å²) in [7, 11) is 1.51. The molecule has 0 fully saturated rings. The Morgan fingerprint density at radius 2 is 1.83 bits per heavy atom. The van der Waals surface area contributed by atoms with Crippen molar-refractivity contribution in [1.82, 2.24) is 10.3 Å².